The van der Waals surface area contributed by atoms with E-state index in [-0.39, 0.29) is 0 Å². The number of hydrogen-bond donors (Lipinski definition) is 1. The van der Waals surface area contributed by atoms with Crippen LogP contribution in [-0.4, -0.2) is 54.4 Å². The largest absolute Gasteiger partial charge is 0.354 e. The summed E-state index contributed by atoms with van der Waals surface area (Å²) < 4.78 is 0. The third kappa shape index (κ3) is 2.20. The van der Waals surface area contributed by atoms with Gasteiger partial charge in [0.2, 0.25) is 0 Å². The number of nitrogens with zero attached hydrogens (tertiary/aromatic N) is 4. The zero-order valence-electron chi connectivity index (χ0n) is 10.9. The van der Waals surface area contributed by atoms with E-state index in [9.17, 15) is 0 Å². The summed E-state index contributed by atoms with van der Waals surface area (Å²) in [5, 5.41) is 4.27. The number of aromatic nitrogens is 2. The van der Waals surface area contributed by atoms with Crippen LogP contribution >= 0.6 is 11.8 Å². The third-order valence-corrected chi connectivity index (χ3v) is 4.18. The molecule has 18 heavy (non-hydrogen) atoms. The summed E-state index contributed by atoms with van der Waals surface area (Å²) in [6.07, 6.45) is 2.04. The van der Waals surface area contributed by atoms with Crippen LogP contribution in [0.2, 0.25) is 0 Å². The van der Waals surface area contributed by atoms with Gasteiger partial charge in [0, 0.05) is 44.8 Å². The zero-order chi connectivity index (χ0) is 12.5. The second-order valence-corrected chi connectivity index (χ2v) is 5.63. The average molecular weight is 265 g/mol. The van der Waals surface area contributed by atoms with Gasteiger partial charge in [-0.3, -0.25) is 0 Å². The Morgan fingerprint density at radius 1 is 1.11 bits per heavy atom. The number of thioether (sulfide) groups is 1. The summed E-state index contributed by atoms with van der Waals surface area (Å²) in [5.41, 5.74) is 2.49. The molecule has 1 aromatic heterocycles. The molecule has 6 heteroatoms. The molecule has 0 unspecified atom stereocenters. The second-order valence-electron chi connectivity index (χ2n) is 4.85. The maximum absolute atomic E-state index is 4.73. The highest BCUT2D eigenvalue weighted by molar-refractivity contribution is 7.98. The predicted molar refractivity (Wildman–Crippen MR) is 74.1 cm³/mol. The van der Waals surface area contributed by atoms with Crippen LogP contribution in [0, 0.1) is 0 Å². The minimum absolute atomic E-state index is 0.881. The van der Waals surface area contributed by atoms with Gasteiger partial charge in [-0.2, -0.15) is 0 Å². The Bertz CT molecular complexity index is 442. The van der Waals surface area contributed by atoms with Gasteiger partial charge < -0.3 is 15.1 Å². The van der Waals surface area contributed by atoms with E-state index in [1.165, 1.54) is 11.3 Å². The van der Waals surface area contributed by atoms with Crippen molar-refractivity contribution in [1.82, 2.24) is 20.2 Å². The number of anilines is 1. The van der Waals surface area contributed by atoms with E-state index in [1.54, 1.807) is 11.8 Å². The molecule has 2 aliphatic rings. The fourth-order valence-corrected chi connectivity index (χ4v) is 2.88. The normalized spacial score (nSPS) is 20.2. The second kappa shape index (κ2) is 5.03. The van der Waals surface area contributed by atoms with Gasteiger partial charge in [0.1, 0.15) is 5.82 Å². The lowest BCUT2D eigenvalue weighted by Crippen LogP contribution is -2.45. The van der Waals surface area contributed by atoms with E-state index in [1.807, 2.05) is 6.26 Å². The summed E-state index contributed by atoms with van der Waals surface area (Å²) in [5.74, 6) is 1.16. The van der Waals surface area contributed by atoms with Crippen molar-refractivity contribution < 1.29 is 0 Å². The molecule has 3 heterocycles. The van der Waals surface area contributed by atoms with Crippen molar-refractivity contribution in [3.05, 3.63) is 11.3 Å². The van der Waals surface area contributed by atoms with Crippen LogP contribution in [0.1, 0.15) is 11.3 Å². The van der Waals surface area contributed by atoms with Gasteiger partial charge in [0.05, 0.1) is 5.69 Å². The summed E-state index contributed by atoms with van der Waals surface area (Å²) in [6.45, 7) is 6.14. The molecule has 98 valence electrons. The van der Waals surface area contributed by atoms with Crippen molar-refractivity contribution in [3.8, 4) is 0 Å². The van der Waals surface area contributed by atoms with Gasteiger partial charge in [-0.15, -0.1) is 0 Å². The van der Waals surface area contributed by atoms with Gasteiger partial charge in [-0.05, 0) is 13.3 Å². The Hall–Kier alpha value is -0.850. The van der Waals surface area contributed by atoms with Gasteiger partial charge in [0.15, 0.2) is 5.16 Å². The van der Waals surface area contributed by atoms with E-state index in [0.29, 0.717) is 0 Å². The molecule has 0 saturated carbocycles. The fraction of sp³-hybridized carbons (Fsp3) is 0.667. The van der Waals surface area contributed by atoms with Crippen molar-refractivity contribution in [2.45, 2.75) is 18.2 Å². The first-order chi connectivity index (χ1) is 8.78. The summed E-state index contributed by atoms with van der Waals surface area (Å²) in [7, 11) is 2.18. The van der Waals surface area contributed by atoms with Crippen LogP contribution in [0.5, 0.6) is 0 Å². The Labute approximate surface area is 112 Å². The number of likely N-dealkylation sites (N-methyl/N-ethyl adjacent to an activating group) is 1. The molecule has 0 aromatic carbocycles. The summed E-state index contributed by atoms with van der Waals surface area (Å²) in [4.78, 5) is 14.1. The van der Waals surface area contributed by atoms with Gasteiger partial charge in [0.25, 0.3) is 0 Å². The molecule has 0 spiro atoms. The van der Waals surface area contributed by atoms with Crippen molar-refractivity contribution in [2.24, 2.45) is 0 Å². The fourth-order valence-electron chi connectivity index (χ4n) is 2.50. The number of piperazine rings is 1. The maximum atomic E-state index is 4.73. The van der Waals surface area contributed by atoms with Crippen molar-refractivity contribution in [1.29, 1.82) is 0 Å². The molecule has 2 aliphatic heterocycles. The van der Waals surface area contributed by atoms with Crippen LogP contribution < -0.4 is 10.2 Å². The third-order valence-electron chi connectivity index (χ3n) is 3.63. The lowest BCUT2D eigenvalue weighted by Gasteiger charge is -2.34. The average Bonchev–Trinajstić information content (AvgIpc) is 2.86. The first kappa shape index (κ1) is 12.2. The molecule has 1 N–H and O–H groups in total. The van der Waals surface area contributed by atoms with Crippen LogP contribution in [0.15, 0.2) is 5.16 Å². The molecule has 0 bridgehead atoms. The van der Waals surface area contributed by atoms with Crippen molar-refractivity contribution in [2.75, 3.05) is 44.4 Å². The van der Waals surface area contributed by atoms with E-state index >= 15 is 0 Å². The highest BCUT2D eigenvalue weighted by Gasteiger charge is 2.24. The molecule has 0 radical (unpaired) electrons. The van der Waals surface area contributed by atoms with Crippen LogP contribution in [0.25, 0.3) is 0 Å². The lowest BCUT2D eigenvalue weighted by atomic mass is 10.2. The summed E-state index contributed by atoms with van der Waals surface area (Å²) >= 11 is 1.63. The van der Waals surface area contributed by atoms with Gasteiger partial charge in [-0.1, -0.05) is 11.8 Å². The molecule has 1 aromatic rings. The Morgan fingerprint density at radius 2 is 1.89 bits per heavy atom. The minimum Gasteiger partial charge on any atom is -0.354 e. The maximum Gasteiger partial charge on any atom is 0.189 e. The van der Waals surface area contributed by atoms with Crippen molar-refractivity contribution in [3.63, 3.8) is 0 Å². The Kier molecular flexibility index (Phi) is 3.41. The standard InChI is InChI=1S/C12H19N5S/c1-16-3-5-17(6-4-16)11-9-7-13-8-10(9)14-12(15-11)18-2/h13H,3-8H2,1-2H3. The van der Waals surface area contributed by atoms with Crippen molar-refractivity contribution >= 4 is 17.6 Å². The van der Waals surface area contributed by atoms with Gasteiger partial charge in [-0.25, -0.2) is 9.97 Å². The van der Waals surface area contributed by atoms with E-state index in [0.717, 1.165) is 50.2 Å². The first-order valence-electron chi connectivity index (χ1n) is 6.36. The van der Waals surface area contributed by atoms with Crippen LogP contribution in [0.4, 0.5) is 5.82 Å². The molecule has 0 atom stereocenters. The number of fused-ring (bicyclic) bond motifs is 1. The molecule has 0 amide bonds. The summed E-state index contributed by atoms with van der Waals surface area (Å²) in [6, 6.07) is 0. The number of hydrogen-bond acceptors (Lipinski definition) is 6. The molecule has 0 aliphatic carbocycles. The Balaban J connectivity index is 1.93. The molecule has 5 nitrogen and oxygen atoms in total. The molecule has 3 rings (SSSR count). The van der Waals surface area contributed by atoms with Crippen LogP contribution in [-0.2, 0) is 13.1 Å². The zero-order valence-corrected chi connectivity index (χ0v) is 11.8. The number of rotatable bonds is 2. The SMILES string of the molecule is CSc1nc2c(c(N3CCN(C)CC3)n1)CNC2. The molecule has 1 saturated heterocycles. The highest BCUT2D eigenvalue weighted by atomic mass is 32.2. The van der Waals surface area contributed by atoms with E-state index in [4.69, 9.17) is 4.98 Å². The molecular formula is C12H19N5S. The minimum atomic E-state index is 0.881. The van der Waals surface area contributed by atoms with Gasteiger partial charge >= 0.3 is 0 Å². The number of nitrogens with one attached hydrogen (secondary N) is 1. The molecule has 1 fully saturated rings. The Morgan fingerprint density at radius 3 is 2.61 bits per heavy atom. The van der Waals surface area contributed by atoms with Crippen LogP contribution in [0.3, 0.4) is 0 Å². The van der Waals surface area contributed by atoms with E-state index in [2.05, 4.69) is 27.1 Å². The highest BCUT2D eigenvalue weighted by Crippen LogP contribution is 2.27. The lowest BCUT2D eigenvalue weighted by molar-refractivity contribution is 0.311. The molecular weight excluding hydrogens is 246 g/mol. The monoisotopic (exact) mass is 265 g/mol. The smallest absolute Gasteiger partial charge is 0.189 e. The topological polar surface area (TPSA) is 44.3 Å². The first-order valence-corrected chi connectivity index (χ1v) is 7.58. The predicted octanol–water partition coefficient (Wildman–Crippen LogP) is 0.553. The quantitative estimate of drug-likeness (QED) is 0.622. The van der Waals surface area contributed by atoms with E-state index < -0.39 is 0 Å².